The number of aliphatic hydroxyl groups is 1. The molecule has 0 aliphatic carbocycles. The van der Waals surface area contributed by atoms with E-state index in [1.165, 1.54) is 11.9 Å². The van der Waals surface area contributed by atoms with E-state index in [0.717, 1.165) is 0 Å². The lowest BCUT2D eigenvalue weighted by atomic mass is 9.87. The monoisotopic (exact) mass is 360 g/mol. The number of ether oxygens (including phenoxy) is 1. The van der Waals surface area contributed by atoms with Gasteiger partial charge in [-0.1, -0.05) is 41.9 Å². The van der Waals surface area contributed by atoms with Gasteiger partial charge >= 0.3 is 5.97 Å². The maximum atomic E-state index is 11.6. The average molecular weight is 361 g/mol. The van der Waals surface area contributed by atoms with Crippen LogP contribution in [0.5, 0.6) is 0 Å². The Morgan fingerprint density at radius 3 is 2.60 bits per heavy atom. The third kappa shape index (κ3) is 3.20. The zero-order valence-electron chi connectivity index (χ0n) is 13.8. The lowest BCUT2D eigenvalue weighted by molar-refractivity contribution is -0.144. The standard InChI is InChI=1S/C17H17ClN4O3/c1-11-14(10-25-12(2)23)17(24,13-6-4-3-5-7-13)22(21-11)16-9-8-15(18)19-20-16/h3-9,14,24H,10H2,1-2H3. The number of benzene rings is 1. The Morgan fingerprint density at radius 2 is 2.00 bits per heavy atom. The van der Waals surface area contributed by atoms with Crippen molar-refractivity contribution in [3.63, 3.8) is 0 Å². The number of hydrogen-bond donors (Lipinski definition) is 1. The van der Waals surface area contributed by atoms with Crippen LogP contribution in [0.3, 0.4) is 0 Å². The van der Waals surface area contributed by atoms with E-state index >= 15 is 0 Å². The molecule has 0 radical (unpaired) electrons. The Kier molecular flexibility index (Phi) is 4.69. The molecular formula is C17H17ClN4O3. The summed E-state index contributed by atoms with van der Waals surface area (Å²) in [5, 5.41) is 25.5. The van der Waals surface area contributed by atoms with Gasteiger partial charge < -0.3 is 9.84 Å². The summed E-state index contributed by atoms with van der Waals surface area (Å²) in [6.07, 6.45) is 0. The molecule has 0 spiro atoms. The zero-order chi connectivity index (χ0) is 18.0. The summed E-state index contributed by atoms with van der Waals surface area (Å²) < 4.78 is 5.15. The number of carbonyl (C=O) groups excluding carboxylic acids is 1. The summed E-state index contributed by atoms with van der Waals surface area (Å²) in [6.45, 7) is 3.09. The van der Waals surface area contributed by atoms with Crippen LogP contribution in [0.1, 0.15) is 19.4 Å². The number of hydrogen-bond acceptors (Lipinski definition) is 7. The maximum Gasteiger partial charge on any atom is 0.302 e. The Hall–Kier alpha value is -2.51. The van der Waals surface area contributed by atoms with E-state index in [2.05, 4.69) is 15.3 Å². The second kappa shape index (κ2) is 6.78. The van der Waals surface area contributed by atoms with Crippen molar-refractivity contribution in [3.05, 3.63) is 53.2 Å². The summed E-state index contributed by atoms with van der Waals surface area (Å²) in [4.78, 5) is 11.2. The Morgan fingerprint density at radius 1 is 1.28 bits per heavy atom. The minimum absolute atomic E-state index is 0.00637. The first kappa shape index (κ1) is 17.3. The molecule has 0 saturated carbocycles. The van der Waals surface area contributed by atoms with Gasteiger partial charge in [0.05, 0.1) is 5.92 Å². The molecule has 0 amide bonds. The highest BCUT2D eigenvalue weighted by Crippen LogP contribution is 2.42. The Balaban J connectivity index is 2.07. The molecule has 1 N–H and O–H groups in total. The van der Waals surface area contributed by atoms with Gasteiger partial charge in [0.1, 0.15) is 6.61 Å². The highest BCUT2D eigenvalue weighted by atomic mass is 35.5. The van der Waals surface area contributed by atoms with Gasteiger partial charge in [-0.25, -0.2) is 5.01 Å². The van der Waals surface area contributed by atoms with Crippen LogP contribution < -0.4 is 5.01 Å². The van der Waals surface area contributed by atoms with Gasteiger partial charge in [0, 0.05) is 18.2 Å². The van der Waals surface area contributed by atoms with Gasteiger partial charge in [-0.05, 0) is 19.1 Å². The molecule has 130 valence electrons. The highest BCUT2D eigenvalue weighted by Gasteiger charge is 2.51. The van der Waals surface area contributed by atoms with Gasteiger partial charge in [-0.3, -0.25) is 4.79 Å². The van der Waals surface area contributed by atoms with Crippen molar-refractivity contribution >= 4 is 29.1 Å². The first-order valence-electron chi connectivity index (χ1n) is 7.68. The van der Waals surface area contributed by atoms with Crippen LogP contribution in [0, 0.1) is 5.92 Å². The molecule has 8 heteroatoms. The first-order valence-corrected chi connectivity index (χ1v) is 8.06. The fraction of sp³-hybridized carbons (Fsp3) is 0.294. The lowest BCUT2D eigenvalue weighted by Gasteiger charge is -2.36. The van der Waals surface area contributed by atoms with Crippen molar-refractivity contribution in [1.29, 1.82) is 0 Å². The smallest absolute Gasteiger partial charge is 0.302 e. The molecule has 2 atom stereocenters. The van der Waals surface area contributed by atoms with E-state index in [-0.39, 0.29) is 11.8 Å². The van der Waals surface area contributed by atoms with Crippen LogP contribution in [0.25, 0.3) is 0 Å². The SMILES string of the molecule is CC(=O)OCC1C(C)=NN(c2ccc(Cl)nn2)C1(O)c1ccccc1. The van der Waals surface area contributed by atoms with Crippen LogP contribution in [-0.4, -0.2) is 33.6 Å². The molecule has 2 aromatic rings. The number of esters is 1. The number of rotatable bonds is 4. The van der Waals surface area contributed by atoms with E-state index in [4.69, 9.17) is 16.3 Å². The van der Waals surface area contributed by atoms with E-state index in [9.17, 15) is 9.90 Å². The number of hydrazone groups is 1. The lowest BCUT2D eigenvalue weighted by Crippen LogP contribution is -2.48. The Bertz CT molecular complexity index is 797. The van der Waals surface area contributed by atoms with Crippen molar-refractivity contribution in [2.45, 2.75) is 19.6 Å². The summed E-state index contributed by atoms with van der Waals surface area (Å²) in [5.41, 5.74) is -0.350. The normalized spacial score (nSPS) is 22.6. The molecule has 25 heavy (non-hydrogen) atoms. The van der Waals surface area contributed by atoms with Crippen molar-refractivity contribution in [2.75, 3.05) is 11.6 Å². The average Bonchev–Trinajstić information content (AvgIpc) is 2.86. The fourth-order valence-corrected chi connectivity index (χ4v) is 2.94. The quantitative estimate of drug-likeness (QED) is 0.842. The molecule has 0 bridgehead atoms. The van der Waals surface area contributed by atoms with E-state index in [1.54, 1.807) is 31.2 Å². The van der Waals surface area contributed by atoms with Crippen molar-refractivity contribution < 1.29 is 14.6 Å². The summed E-state index contributed by atoms with van der Waals surface area (Å²) in [5.74, 6) is -0.648. The highest BCUT2D eigenvalue weighted by molar-refractivity contribution is 6.29. The molecule has 2 heterocycles. The maximum absolute atomic E-state index is 11.6. The van der Waals surface area contributed by atoms with Gasteiger partial charge in [0.15, 0.2) is 16.7 Å². The predicted molar refractivity (Wildman–Crippen MR) is 93.1 cm³/mol. The molecular weight excluding hydrogens is 344 g/mol. The van der Waals surface area contributed by atoms with Crippen molar-refractivity contribution in [1.82, 2.24) is 10.2 Å². The first-order chi connectivity index (χ1) is 11.9. The largest absolute Gasteiger partial charge is 0.465 e. The molecule has 0 saturated heterocycles. The molecule has 3 rings (SSSR count). The topological polar surface area (TPSA) is 87.9 Å². The minimum Gasteiger partial charge on any atom is -0.465 e. The predicted octanol–water partition coefficient (Wildman–Crippen LogP) is 2.35. The molecule has 7 nitrogen and oxygen atoms in total. The third-order valence-electron chi connectivity index (χ3n) is 4.06. The van der Waals surface area contributed by atoms with Crippen LogP contribution in [0.4, 0.5) is 5.82 Å². The number of aromatic nitrogens is 2. The van der Waals surface area contributed by atoms with Crippen LogP contribution in [0.15, 0.2) is 47.6 Å². The summed E-state index contributed by atoms with van der Waals surface area (Å²) >= 11 is 5.80. The van der Waals surface area contributed by atoms with E-state index < -0.39 is 17.6 Å². The fourth-order valence-electron chi connectivity index (χ4n) is 2.83. The van der Waals surface area contributed by atoms with Gasteiger partial charge in [-0.15, -0.1) is 10.2 Å². The minimum atomic E-state index is -1.57. The van der Waals surface area contributed by atoms with Crippen molar-refractivity contribution in [3.8, 4) is 0 Å². The Labute approximate surface area is 149 Å². The van der Waals surface area contributed by atoms with Gasteiger partial charge in [0.25, 0.3) is 0 Å². The van der Waals surface area contributed by atoms with Crippen LogP contribution in [0.2, 0.25) is 5.15 Å². The molecule has 1 aliphatic heterocycles. The second-order valence-corrected chi connectivity index (χ2v) is 6.10. The van der Waals surface area contributed by atoms with Crippen LogP contribution >= 0.6 is 11.6 Å². The molecule has 1 aliphatic rings. The van der Waals surface area contributed by atoms with Crippen molar-refractivity contribution in [2.24, 2.45) is 11.0 Å². The number of halogens is 1. The molecule has 1 aromatic heterocycles. The van der Waals surface area contributed by atoms with Gasteiger partial charge in [0.2, 0.25) is 0 Å². The van der Waals surface area contributed by atoms with E-state index in [1.807, 2.05) is 18.2 Å². The zero-order valence-corrected chi connectivity index (χ0v) is 14.5. The molecule has 1 aromatic carbocycles. The second-order valence-electron chi connectivity index (χ2n) is 5.71. The van der Waals surface area contributed by atoms with Gasteiger partial charge in [-0.2, -0.15) is 5.10 Å². The number of carbonyl (C=O) groups is 1. The third-order valence-corrected chi connectivity index (χ3v) is 4.26. The molecule has 0 fully saturated rings. The summed E-state index contributed by atoms with van der Waals surface area (Å²) in [7, 11) is 0. The van der Waals surface area contributed by atoms with E-state index in [0.29, 0.717) is 17.1 Å². The van der Waals surface area contributed by atoms with Crippen LogP contribution in [-0.2, 0) is 15.3 Å². The number of anilines is 1. The summed E-state index contributed by atoms with van der Waals surface area (Å²) in [6, 6.07) is 12.2. The molecule has 2 unspecified atom stereocenters. The number of nitrogens with zero attached hydrogens (tertiary/aromatic N) is 4.